The third-order valence-electron chi connectivity index (χ3n) is 3.34. The molecule has 1 rings (SSSR count). The molecule has 4 nitrogen and oxygen atoms in total. The molecule has 1 aliphatic carbocycles. The zero-order valence-corrected chi connectivity index (χ0v) is 13.1. The average molecular weight is 286 g/mol. The third-order valence-corrected chi connectivity index (χ3v) is 3.34. The van der Waals surface area contributed by atoms with Crippen LogP contribution >= 0.6 is 0 Å². The second-order valence-corrected chi connectivity index (χ2v) is 5.93. The molecule has 0 aromatic heterocycles. The number of hydrogen-bond acceptors (Lipinski definition) is 4. The Morgan fingerprint density at radius 1 is 1.05 bits per heavy atom. The molecule has 0 aromatic rings. The van der Waals surface area contributed by atoms with Crippen molar-refractivity contribution >= 4 is 5.97 Å². The Balaban J connectivity index is 1.86. The lowest BCUT2D eigenvalue weighted by Crippen LogP contribution is -2.21. The predicted octanol–water partition coefficient (Wildman–Crippen LogP) is 3.33. The molecule has 1 fully saturated rings. The van der Waals surface area contributed by atoms with Gasteiger partial charge in [0.25, 0.3) is 0 Å². The summed E-state index contributed by atoms with van der Waals surface area (Å²) in [6.45, 7) is 6.86. The summed E-state index contributed by atoms with van der Waals surface area (Å²) < 4.78 is 16.3. The Morgan fingerprint density at radius 2 is 1.75 bits per heavy atom. The number of hydrogen-bond donors (Lipinski definition) is 0. The SMILES string of the molecule is CC(C)COCCOCCCC(=O)OC1CCCCC1. The summed E-state index contributed by atoms with van der Waals surface area (Å²) in [7, 11) is 0. The van der Waals surface area contributed by atoms with E-state index in [4.69, 9.17) is 14.2 Å². The molecule has 0 atom stereocenters. The van der Waals surface area contributed by atoms with E-state index in [1.54, 1.807) is 0 Å². The van der Waals surface area contributed by atoms with E-state index in [-0.39, 0.29) is 12.1 Å². The van der Waals surface area contributed by atoms with Crippen LogP contribution in [0.5, 0.6) is 0 Å². The maximum atomic E-state index is 11.6. The van der Waals surface area contributed by atoms with Crippen molar-refractivity contribution in [1.29, 1.82) is 0 Å². The van der Waals surface area contributed by atoms with Crippen molar-refractivity contribution in [2.24, 2.45) is 5.92 Å². The van der Waals surface area contributed by atoms with Crippen molar-refractivity contribution in [3.8, 4) is 0 Å². The second-order valence-electron chi connectivity index (χ2n) is 5.93. The summed E-state index contributed by atoms with van der Waals surface area (Å²) in [6.07, 6.45) is 7.10. The van der Waals surface area contributed by atoms with Gasteiger partial charge >= 0.3 is 5.97 Å². The van der Waals surface area contributed by atoms with Crippen molar-refractivity contribution in [3.05, 3.63) is 0 Å². The number of rotatable bonds is 10. The van der Waals surface area contributed by atoms with Crippen molar-refractivity contribution in [2.45, 2.75) is 64.9 Å². The largest absolute Gasteiger partial charge is 0.462 e. The maximum absolute atomic E-state index is 11.6. The van der Waals surface area contributed by atoms with E-state index in [9.17, 15) is 4.79 Å². The van der Waals surface area contributed by atoms with Crippen LogP contribution in [0.2, 0.25) is 0 Å². The molecule has 0 saturated heterocycles. The van der Waals surface area contributed by atoms with Gasteiger partial charge in [-0.3, -0.25) is 4.79 Å². The van der Waals surface area contributed by atoms with Crippen LogP contribution in [0, 0.1) is 5.92 Å². The van der Waals surface area contributed by atoms with E-state index >= 15 is 0 Å². The molecular formula is C16H30O4. The molecule has 0 N–H and O–H groups in total. The Morgan fingerprint density at radius 3 is 2.45 bits per heavy atom. The lowest BCUT2D eigenvalue weighted by Gasteiger charge is -2.21. The molecule has 0 radical (unpaired) electrons. The monoisotopic (exact) mass is 286 g/mol. The van der Waals surface area contributed by atoms with E-state index in [2.05, 4.69) is 13.8 Å². The predicted molar refractivity (Wildman–Crippen MR) is 78.7 cm³/mol. The maximum Gasteiger partial charge on any atom is 0.306 e. The quantitative estimate of drug-likeness (QED) is 0.456. The van der Waals surface area contributed by atoms with Gasteiger partial charge in [-0.25, -0.2) is 0 Å². The molecule has 1 aliphatic rings. The highest BCUT2D eigenvalue weighted by atomic mass is 16.5. The van der Waals surface area contributed by atoms with Gasteiger partial charge < -0.3 is 14.2 Å². The Kier molecular flexibility index (Phi) is 9.67. The zero-order chi connectivity index (χ0) is 14.6. The van der Waals surface area contributed by atoms with Crippen LogP contribution in [0.25, 0.3) is 0 Å². The molecule has 0 aliphatic heterocycles. The first-order chi connectivity index (χ1) is 9.68. The van der Waals surface area contributed by atoms with Crippen LogP contribution in [-0.4, -0.2) is 38.5 Å². The van der Waals surface area contributed by atoms with Gasteiger partial charge in [-0.15, -0.1) is 0 Å². The summed E-state index contributed by atoms with van der Waals surface area (Å²) in [6, 6.07) is 0. The van der Waals surface area contributed by atoms with E-state index in [0.717, 1.165) is 25.9 Å². The average Bonchev–Trinajstić information content (AvgIpc) is 2.42. The summed E-state index contributed by atoms with van der Waals surface area (Å²) in [5.41, 5.74) is 0. The highest BCUT2D eigenvalue weighted by molar-refractivity contribution is 5.69. The summed E-state index contributed by atoms with van der Waals surface area (Å²) in [4.78, 5) is 11.6. The Hall–Kier alpha value is -0.610. The molecule has 0 aromatic carbocycles. The van der Waals surface area contributed by atoms with Gasteiger partial charge in [-0.2, -0.15) is 0 Å². The van der Waals surface area contributed by atoms with E-state index in [1.807, 2.05) is 0 Å². The standard InChI is InChI=1S/C16H30O4/c1-14(2)13-19-12-11-18-10-6-9-16(17)20-15-7-4-3-5-8-15/h14-15H,3-13H2,1-2H3. The van der Waals surface area contributed by atoms with E-state index in [0.29, 0.717) is 32.2 Å². The van der Waals surface area contributed by atoms with Crippen molar-refractivity contribution < 1.29 is 19.0 Å². The minimum Gasteiger partial charge on any atom is -0.462 e. The van der Waals surface area contributed by atoms with Gasteiger partial charge in [-0.05, 0) is 38.0 Å². The first-order valence-electron chi connectivity index (χ1n) is 8.03. The highest BCUT2D eigenvalue weighted by Gasteiger charge is 2.17. The molecule has 0 unspecified atom stereocenters. The zero-order valence-electron chi connectivity index (χ0n) is 13.1. The van der Waals surface area contributed by atoms with Gasteiger partial charge in [0.05, 0.1) is 13.2 Å². The summed E-state index contributed by atoms with van der Waals surface area (Å²) in [5.74, 6) is 0.487. The summed E-state index contributed by atoms with van der Waals surface area (Å²) >= 11 is 0. The van der Waals surface area contributed by atoms with Crippen LogP contribution in [0.1, 0.15) is 58.8 Å². The Labute approximate surface area is 123 Å². The molecule has 0 amide bonds. The van der Waals surface area contributed by atoms with Gasteiger partial charge in [0, 0.05) is 19.6 Å². The molecule has 118 valence electrons. The third kappa shape index (κ3) is 9.32. The van der Waals surface area contributed by atoms with E-state index < -0.39 is 0 Å². The Bertz CT molecular complexity index is 247. The van der Waals surface area contributed by atoms with Gasteiger partial charge in [0.15, 0.2) is 0 Å². The van der Waals surface area contributed by atoms with Crippen molar-refractivity contribution in [2.75, 3.05) is 26.4 Å². The smallest absolute Gasteiger partial charge is 0.306 e. The lowest BCUT2D eigenvalue weighted by atomic mass is 9.98. The van der Waals surface area contributed by atoms with Crippen LogP contribution in [0.15, 0.2) is 0 Å². The van der Waals surface area contributed by atoms with Gasteiger partial charge in [0.2, 0.25) is 0 Å². The molecule has 20 heavy (non-hydrogen) atoms. The molecular weight excluding hydrogens is 256 g/mol. The molecule has 4 heteroatoms. The van der Waals surface area contributed by atoms with Crippen molar-refractivity contribution in [3.63, 3.8) is 0 Å². The lowest BCUT2D eigenvalue weighted by molar-refractivity contribution is -0.150. The highest BCUT2D eigenvalue weighted by Crippen LogP contribution is 2.20. The van der Waals surface area contributed by atoms with Crippen LogP contribution in [0.4, 0.5) is 0 Å². The fourth-order valence-corrected chi connectivity index (χ4v) is 2.29. The topological polar surface area (TPSA) is 44.8 Å². The van der Waals surface area contributed by atoms with Crippen LogP contribution < -0.4 is 0 Å². The number of carbonyl (C=O) groups is 1. The van der Waals surface area contributed by atoms with E-state index in [1.165, 1.54) is 19.3 Å². The number of carbonyl (C=O) groups excluding carboxylic acids is 1. The van der Waals surface area contributed by atoms with Gasteiger partial charge in [-0.1, -0.05) is 20.3 Å². The normalized spacial score (nSPS) is 16.6. The second kappa shape index (κ2) is 11.1. The minimum atomic E-state index is -0.0726. The van der Waals surface area contributed by atoms with Crippen LogP contribution in [0.3, 0.4) is 0 Å². The van der Waals surface area contributed by atoms with Gasteiger partial charge in [0.1, 0.15) is 6.10 Å². The minimum absolute atomic E-state index is 0.0726. The first-order valence-corrected chi connectivity index (χ1v) is 8.03. The fourth-order valence-electron chi connectivity index (χ4n) is 2.29. The first kappa shape index (κ1) is 17.4. The molecule has 0 bridgehead atoms. The number of ether oxygens (including phenoxy) is 3. The van der Waals surface area contributed by atoms with Crippen LogP contribution in [-0.2, 0) is 19.0 Å². The number of esters is 1. The molecule has 1 saturated carbocycles. The fraction of sp³-hybridized carbons (Fsp3) is 0.938. The van der Waals surface area contributed by atoms with Crippen molar-refractivity contribution in [1.82, 2.24) is 0 Å². The molecule has 0 spiro atoms. The molecule has 0 heterocycles. The summed E-state index contributed by atoms with van der Waals surface area (Å²) in [5, 5.41) is 0.